The smallest absolute Gasteiger partial charge is 0.316 e. The molecular weight excluding hydrogens is 238 g/mol. The summed E-state index contributed by atoms with van der Waals surface area (Å²) in [7, 11) is 0. The Morgan fingerprint density at radius 3 is 2.82 bits per heavy atom. The van der Waals surface area contributed by atoms with Crippen molar-refractivity contribution >= 4 is 17.6 Å². The zero-order valence-electron chi connectivity index (χ0n) is 9.78. The lowest BCUT2D eigenvalue weighted by atomic mass is 9.62. The normalized spacial score (nSPS) is 27.4. The maximum atomic E-state index is 12.1. The van der Waals surface area contributed by atoms with Crippen molar-refractivity contribution in [1.29, 1.82) is 0 Å². The van der Waals surface area contributed by atoms with Crippen LogP contribution >= 0.6 is 11.6 Å². The first kappa shape index (κ1) is 12.4. The lowest BCUT2D eigenvalue weighted by Gasteiger charge is -2.44. The summed E-state index contributed by atoms with van der Waals surface area (Å²) in [6.45, 7) is 2.19. The third-order valence-corrected chi connectivity index (χ3v) is 3.50. The average molecular weight is 254 g/mol. The standard InChI is InChI=1S/C13H16ClNO2/c1-2-17-12(16)13(7-11(15)8-13)9-4-3-5-10(14)6-9/h3-6,11H,2,7-8,15H2,1H3. The quantitative estimate of drug-likeness (QED) is 0.841. The number of nitrogens with two attached hydrogens (primary N) is 1. The number of carbonyl (C=O) groups excluding carboxylic acids is 1. The van der Waals surface area contributed by atoms with Crippen LogP contribution in [0.1, 0.15) is 25.3 Å². The average Bonchev–Trinajstić information content (AvgIpc) is 2.24. The summed E-state index contributed by atoms with van der Waals surface area (Å²) in [5.74, 6) is -0.191. The molecule has 17 heavy (non-hydrogen) atoms. The molecular formula is C13H16ClNO2. The Hall–Kier alpha value is -1.06. The molecule has 4 heteroatoms. The van der Waals surface area contributed by atoms with E-state index in [1.165, 1.54) is 0 Å². The van der Waals surface area contributed by atoms with Crippen LogP contribution in [0.4, 0.5) is 0 Å². The number of hydrogen-bond acceptors (Lipinski definition) is 3. The number of carbonyl (C=O) groups is 1. The predicted octanol–water partition coefficient (Wildman–Crippen LogP) is 2.26. The number of benzene rings is 1. The Morgan fingerprint density at radius 1 is 1.59 bits per heavy atom. The van der Waals surface area contributed by atoms with Crippen molar-refractivity contribution in [3.8, 4) is 0 Å². The maximum absolute atomic E-state index is 12.1. The molecule has 3 nitrogen and oxygen atoms in total. The van der Waals surface area contributed by atoms with E-state index in [0.717, 1.165) is 5.56 Å². The molecule has 0 bridgehead atoms. The molecule has 1 fully saturated rings. The minimum Gasteiger partial charge on any atom is -0.465 e. The highest BCUT2D eigenvalue weighted by Gasteiger charge is 2.51. The molecule has 1 aliphatic carbocycles. The van der Waals surface area contributed by atoms with Gasteiger partial charge in [-0.1, -0.05) is 23.7 Å². The van der Waals surface area contributed by atoms with E-state index in [2.05, 4.69) is 0 Å². The van der Waals surface area contributed by atoms with E-state index >= 15 is 0 Å². The van der Waals surface area contributed by atoms with Crippen molar-refractivity contribution in [3.63, 3.8) is 0 Å². The minimum atomic E-state index is -0.583. The van der Waals surface area contributed by atoms with Gasteiger partial charge in [0.05, 0.1) is 12.0 Å². The topological polar surface area (TPSA) is 52.3 Å². The molecule has 1 aromatic carbocycles. The zero-order valence-corrected chi connectivity index (χ0v) is 10.5. The molecule has 1 aliphatic rings. The third-order valence-electron chi connectivity index (χ3n) is 3.26. The van der Waals surface area contributed by atoms with Gasteiger partial charge in [0.15, 0.2) is 0 Å². The van der Waals surface area contributed by atoms with Gasteiger partial charge in [0.1, 0.15) is 0 Å². The summed E-state index contributed by atoms with van der Waals surface area (Å²) in [5.41, 5.74) is 6.15. The summed E-state index contributed by atoms with van der Waals surface area (Å²) in [4.78, 5) is 12.1. The van der Waals surface area contributed by atoms with Crippen LogP contribution in [0, 0.1) is 0 Å². The van der Waals surface area contributed by atoms with Gasteiger partial charge in [-0.05, 0) is 37.5 Å². The van der Waals surface area contributed by atoms with E-state index in [1.54, 1.807) is 6.07 Å². The summed E-state index contributed by atoms with van der Waals surface area (Å²) >= 11 is 5.97. The highest BCUT2D eigenvalue weighted by Crippen LogP contribution is 2.44. The van der Waals surface area contributed by atoms with Gasteiger partial charge in [-0.2, -0.15) is 0 Å². The van der Waals surface area contributed by atoms with Crippen molar-refractivity contribution in [2.24, 2.45) is 5.73 Å². The largest absolute Gasteiger partial charge is 0.465 e. The molecule has 2 N–H and O–H groups in total. The van der Waals surface area contributed by atoms with Crippen molar-refractivity contribution in [2.75, 3.05) is 6.61 Å². The maximum Gasteiger partial charge on any atom is 0.316 e. The summed E-state index contributed by atoms with van der Waals surface area (Å²) in [6, 6.07) is 7.45. The Labute approximate surface area is 106 Å². The van der Waals surface area contributed by atoms with Crippen LogP contribution in [0.2, 0.25) is 5.02 Å². The third kappa shape index (κ3) is 2.17. The molecule has 0 aliphatic heterocycles. The molecule has 0 unspecified atom stereocenters. The molecule has 0 heterocycles. The van der Waals surface area contributed by atoms with Gasteiger partial charge in [0.25, 0.3) is 0 Å². The Kier molecular flexibility index (Phi) is 3.40. The zero-order chi connectivity index (χ0) is 12.5. The minimum absolute atomic E-state index is 0.0680. The molecule has 0 aromatic heterocycles. The summed E-state index contributed by atoms with van der Waals surface area (Å²) in [6.07, 6.45) is 1.26. The Morgan fingerprint density at radius 2 is 2.29 bits per heavy atom. The van der Waals surface area contributed by atoms with Crippen LogP contribution in [0.5, 0.6) is 0 Å². The SMILES string of the molecule is CCOC(=O)C1(c2cccc(Cl)c2)CC(N)C1. The molecule has 0 spiro atoms. The molecule has 0 saturated heterocycles. The highest BCUT2D eigenvalue weighted by molar-refractivity contribution is 6.30. The summed E-state index contributed by atoms with van der Waals surface area (Å²) in [5, 5.41) is 0.631. The first-order valence-corrected chi connectivity index (χ1v) is 6.15. The number of halogens is 1. The van der Waals surface area contributed by atoms with E-state index in [-0.39, 0.29) is 12.0 Å². The van der Waals surface area contributed by atoms with Gasteiger partial charge < -0.3 is 10.5 Å². The fourth-order valence-corrected chi connectivity index (χ4v) is 2.60. The van der Waals surface area contributed by atoms with E-state index < -0.39 is 5.41 Å². The Bertz CT molecular complexity index is 427. The first-order chi connectivity index (χ1) is 8.08. The van der Waals surface area contributed by atoms with Crippen molar-refractivity contribution in [1.82, 2.24) is 0 Å². The van der Waals surface area contributed by atoms with Crippen LogP contribution in [-0.4, -0.2) is 18.6 Å². The number of rotatable bonds is 3. The molecule has 0 radical (unpaired) electrons. The van der Waals surface area contributed by atoms with E-state index in [4.69, 9.17) is 22.1 Å². The van der Waals surface area contributed by atoms with Crippen LogP contribution in [-0.2, 0) is 14.9 Å². The van der Waals surface area contributed by atoms with Crippen molar-refractivity contribution < 1.29 is 9.53 Å². The van der Waals surface area contributed by atoms with Crippen LogP contribution in [0.15, 0.2) is 24.3 Å². The van der Waals surface area contributed by atoms with Crippen LogP contribution < -0.4 is 5.73 Å². The second-order valence-electron chi connectivity index (χ2n) is 4.48. The fourth-order valence-electron chi connectivity index (χ4n) is 2.41. The van der Waals surface area contributed by atoms with Crippen molar-refractivity contribution in [2.45, 2.75) is 31.2 Å². The molecule has 0 atom stereocenters. The van der Waals surface area contributed by atoms with E-state index in [1.807, 2.05) is 25.1 Å². The fraction of sp³-hybridized carbons (Fsp3) is 0.462. The lowest BCUT2D eigenvalue weighted by Crippen LogP contribution is -2.54. The molecule has 2 rings (SSSR count). The monoisotopic (exact) mass is 253 g/mol. The van der Waals surface area contributed by atoms with E-state index in [9.17, 15) is 4.79 Å². The van der Waals surface area contributed by atoms with Gasteiger partial charge in [0.2, 0.25) is 0 Å². The van der Waals surface area contributed by atoms with Gasteiger partial charge in [-0.25, -0.2) is 0 Å². The van der Waals surface area contributed by atoms with Crippen LogP contribution in [0.3, 0.4) is 0 Å². The van der Waals surface area contributed by atoms with E-state index in [0.29, 0.717) is 24.5 Å². The number of hydrogen-bond donors (Lipinski definition) is 1. The molecule has 1 saturated carbocycles. The predicted molar refractivity (Wildman–Crippen MR) is 67.0 cm³/mol. The second kappa shape index (κ2) is 4.67. The molecule has 92 valence electrons. The van der Waals surface area contributed by atoms with Crippen LogP contribution in [0.25, 0.3) is 0 Å². The number of esters is 1. The summed E-state index contributed by atoms with van der Waals surface area (Å²) < 4.78 is 5.15. The van der Waals surface area contributed by atoms with Gasteiger partial charge in [-0.3, -0.25) is 4.79 Å². The first-order valence-electron chi connectivity index (χ1n) is 5.77. The molecule has 0 amide bonds. The highest BCUT2D eigenvalue weighted by atomic mass is 35.5. The lowest BCUT2D eigenvalue weighted by molar-refractivity contribution is -0.154. The Balaban J connectivity index is 2.32. The van der Waals surface area contributed by atoms with Gasteiger partial charge in [-0.15, -0.1) is 0 Å². The number of ether oxygens (including phenoxy) is 1. The second-order valence-corrected chi connectivity index (χ2v) is 4.92. The van der Waals surface area contributed by atoms with Crippen molar-refractivity contribution in [3.05, 3.63) is 34.9 Å². The molecule has 1 aromatic rings. The van der Waals surface area contributed by atoms with Gasteiger partial charge in [0, 0.05) is 11.1 Å². The van der Waals surface area contributed by atoms with Gasteiger partial charge >= 0.3 is 5.97 Å².